The maximum absolute atomic E-state index is 10.6. The van der Waals surface area contributed by atoms with E-state index in [1.165, 1.54) is 0 Å². The number of ether oxygens (including phenoxy) is 2. The van der Waals surface area contributed by atoms with Crippen LogP contribution in [0.1, 0.15) is 31.1 Å². The Labute approximate surface area is 144 Å². The molecular weight excluding hydrogens is 358 g/mol. The molecule has 2 N–H and O–H groups in total. The maximum atomic E-state index is 10.6. The Morgan fingerprint density at radius 2 is 1.96 bits per heavy atom. The van der Waals surface area contributed by atoms with Gasteiger partial charge in [-0.2, -0.15) is 0 Å². The number of aliphatic hydroxyl groups is 1. The standard InChI is InChI=1S/C18H20BrNO3/c1-18(2,17(21)13-6-4-3-5-7-13)20-10-12-8-14(19)16-15(9-12)22-11-23-16/h3-9,17,20-21H,10-11H2,1-2H3. The molecule has 1 atom stereocenters. The van der Waals surface area contributed by atoms with Crippen molar-refractivity contribution in [2.75, 3.05) is 6.79 Å². The zero-order valence-electron chi connectivity index (χ0n) is 13.2. The van der Waals surface area contributed by atoms with Crippen molar-refractivity contribution < 1.29 is 14.6 Å². The summed E-state index contributed by atoms with van der Waals surface area (Å²) < 4.78 is 11.7. The number of hydrogen-bond acceptors (Lipinski definition) is 4. The average molecular weight is 378 g/mol. The van der Waals surface area contributed by atoms with Crippen LogP contribution in [0.2, 0.25) is 0 Å². The van der Waals surface area contributed by atoms with Gasteiger partial charge < -0.3 is 19.9 Å². The Balaban J connectivity index is 1.71. The molecule has 1 aliphatic rings. The summed E-state index contributed by atoms with van der Waals surface area (Å²) in [4.78, 5) is 0. The average Bonchev–Trinajstić information content (AvgIpc) is 3.02. The van der Waals surface area contributed by atoms with Gasteiger partial charge in [-0.15, -0.1) is 0 Å². The van der Waals surface area contributed by atoms with E-state index in [1.807, 2.05) is 56.3 Å². The fourth-order valence-corrected chi connectivity index (χ4v) is 3.21. The summed E-state index contributed by atoms with van der Waals surface area (Å²) in [6, 6.07) is 13.7. The fraction of sp³-hybridized carbons (Fsp3) is 0.333. The van der Waals surface area contributed by atoms with E-state index in [9.17, 15) is 5.11 Å². The molecule has 4 nitrogen and oxygen atoms in total. The van der Waals surface area contributed by atoms with Gasteiger partial charge in [0.05, 0.1) is 10.6 Å². The third-order valence-corrected chi connectivity index (χ3v) is 4.62. The van der Waals surface area contributed by atoms with Crippen molar-refractivity contribution in [1.29, 1.82) is 0 Å². The van der Waals surface area contributed by atoms with Gasteiger partial charge in [0, 0.05) is 12.1 Å². The first-order chi connectivity index (χ1) is 11.0. The Morgan fingerprint density at radius 3 is 2.70 bits per heavy atom. The van der Waals surface area contributed by atoms with E-state index in [1.54, 1.807) is 0 Å². The fourth-order valence-electron chi connectivity index (χ4n) is 2.60. The van der Waals surface area contributed by atoms with Crippen LogP contribution in [0.15, 0.2) is 46.9 Å². The quantitative estimate of drug-likeness (QED) is 0.832. The molecule has 0 spiro atoms. The second kappa shape index (κ2) is 6.51. The first kappa shape index (κ1) is 16.3. The zero-order chi connectivity index (χ0) is 16.4. The molecule has 3 rings (SSSR count). The van der Waals surface area contributed by atoms with Crippen LogP contribution in [-0.4, -0.2) is 17.4 Å². The van der Waals surface area contributed by atoms with Crippen LogP contribution in [-0.2, 0) is 6.54 Å². The van der Waals surface area contributed by atoms with E-state index in [0.717, 1.165) is 27.1 Å². The van der Waals surface area contributed by atoms with Crippen molar-refractivity contribution in [3.05, 3.63) is 58.1 Å². The minimum absolute atomic E-state index is 0.253. The minimum atomic E-state index is -0.596. The van der Waals surface area contributed by atoms with Crippen molar-refractivity contribution in [2.45, 2.75) is 32.0 Å². The van der Waals surface area contributed by atoms with Crippen molar-refractivity contribution in [2.24, 2.45) is 0 Å². The molecule has 0 radical (unpaired) electrons. The molecule has 2 aromatic rings. The number of benzene rings is 2. The summed E-state index contributed by atoms with van der Waals surface area (Å²) in [6.45, 7) is 4.86. The molecule has 5 heteroatoms. The second-order valence-corrected chi connectivity index (χ2v) is 7.05. The topological polar surface area (TPSA) is 50.7 Å². The highest BCUT2D eigenvalue weighted by molar-refractivity contribution is 9.10. The molecule has 2 aromatic carbocycles. The molecule has 0 saturated heterocycles. The Bertz CT molecular complexity index is 688. The van der Waals surface area contributed by atoms with Crippen LogP contribution >= 0.6 is 15.9 Å². The van der Waals surface area contributed by atoms with Crippen LogP contribution in [0.25, 0.3) is 0 Å². The Morgan fingerprint density at radius 1 is 1.22 bits per heavy atom. The van der Waals surface area contributed by atoms with Gasteiger partial charge in [0.2, 0.25) is 6.79 Å². The summed E-state index contributed by atoms with van der Waals surface area (Å²) in [6.07, 6.45) is -0.596. The number of halogens is 1. The molecule has 0 saturated carbocycles. The number of rotatable bonds is 5. The van der Waals surface area contributed by atoms with Crippen molar-refractivity contribution >= 4 is 15.9 Å². The lowest BCUT2D eigenvalue weighted by atomic mass is 9.91. The molecule has 1 unspecified atom stereocenters. The van der Waals surface area contributed by atoms with Gasteiger partial charge in [0.15, 0.2) is 11.5 Å². The molecule has 0 aliphatic carbocycles. The largest absolute Gasteiger partial charge is 0.454 e. The highest BCUT2D eigenvalue weighted by atomic mass is 79.9. The van der Waals surface area contributed by atoms with Gasteiger partial charge in [-0.05, 0) is 53.0 Å². The molecule has 0 amide bonds. The molecule has 0 fully saturated rings. The van der Waals surface area contributed by atoms with Crippen LogP contribution in [0, 0.1) is 0 Å². The lowest BCUT2D eigenvalue weighted by molar-refractivity contribution is 0.0791. The maximum Gasteiger partial charge on any atom is 0.231 e. The first-order valence-corrected chi connectivity index (χ1v) is 8.33. The smallest absolute Gasteiger partial charge is 0.231 e. The van der Waals surface area contributed by atoms with Gasteiger partial charge in [-0.3, -0.25) is 0 Å². The lowest BCUT2D eigenvalue weighted by Gasteiger charge is -2.32. The summed E-state index contributed by atoms with van der Waals surface area (Å²) in [5.41, 5.74) is 1.50. The zero-order valence-corrected chi connectivity index (χ0v) is 14.8. The van der Waals surface area contributed by atoms with E-state index in [0.29, 0.717) is 6.54 Å². The minimum Gasteiger partial charge on any atom is -0.454 e. The number of fused-ring (bicyclic) bond motifs is 1. The molecule has 23 heavy (non-hydrogen) atoms. The van der Waals surface area contributed by atoms with E-state index < -0.39 is 11.6 Å². The SMILES string of the molecule is CC(C)(NCc1cc(Br)c2c(c1)OCO2)C(O)c1ccccc1. The third kappa shape index (κ3) is 3.52. The van der Waals surface area contributed by atoms with Crippen LogP contribution in [0.5, 0.6) is 11.5 Å². The highest BCUT2D eigenvalue weighted by Gasteiger charge is 2.28. The van der Waals surface area contributed by atoms with Crippen molar-refractivity contribution in [3.63, 3.8) is 0 Å². The summed E-state index contributed by atoms with van der Waals surface area (Å²) in [5.74, 6) is 1.50. The number of hydrogen-bond donors (Lipinski definition) is 2. The van der Waals surface area contributed by atoms with E-state index in [4.69, 9.17) is 9.47 Å². The van der Waals surface area contributed by atoms with Gasteiger partial charge in [-0.1, -0.05) is 30.3 Å². The molecule has 1 aliphatic heterocycles. The monoisotopic (exact) mass is 377 g/mol. The predicted octanol–water partition coefficient (Wildman–Crippen LogP) is 3.78. The predicted molar refractivity (Wildman–Crippen MR) is 92.6 cm³/mol. The van der Waals surface area contributed by atoms with Crippen LogP contribution < -0.4 is 14.8 Å². The molecule has 122 valence electrons. The van der Waals surface area contributed by atoms with Crippen LogP contribution in [0.4, 0.5) is 0 Å². The van der Waals surface area contributed by atoms with Gasteiger partial charge in [0.25, 0.3) is 0 Å². The number of aliphatic hydroxyl groups excluding tert-OH is 1. The molecule has 0 aromatic heterocycles. The number of nitrogens with one attached hydrogen (secondary N) is 1. The lowest BCUT2D eigenvalue weighted by Crippen LogP contribution is -2.44. The van der Waals surface area contributed by atoms with E-state index in [-0.39, 0.29) is 6.79 Å². The summed E-state index contributed by atoms with van der Waals surface area (Å²) in [7, 11) is 0. The van der Waals surface area contributed by atoms with E-state index >= 15 is 0 Å². The molecule has 1 heterocycles. The third-order valence-electron chi connectivity index (χ3n) is 4.03. The second-order valence-electron chi connectivity index (χ2n) is 6.20. The Kier molecular flexibility index (Phi) is 4.62. The summed E-state index contributed by atoms with van der Waals surface area (Å²) in [5, 5.41) is 14.0. The van der Waals surface area contributed by atoms with E-state index in [2.05, 4.69) is 21.2 Å². The van der Waals surface area contributed by atoms with Crippen LogP contribution in [0.3, 0.4) is 0 Å². The van der Waals surface area contributed by atoms with Crippen molar-refractivity contribution in [1.82, 2.24) is 5.32 Å². The molecular formula is C18H20BrNO3. The van der Waals surface area contributed by atoms with Gasteiger partial charge >= 0.3 is 0 Å². The first-order valence-electron chi connectivity index (χ1n) is 7.53. The van der Waals surface area contributed by atoms with Gasteiger partial charge in [-0.25, -0.2) is 0 Å². The van der Waals surface area contributed by atoms with Gasteiger partial charge in [0.1, 0.15) is 0 Å². The normalized spacial score (nSPS) is 14.8. The van der Waals surface area contributed by atoms with Crippen molar-refractivity contribution in [3.8, 4) is 11.5 Å². The highest BCUT2D eigenvalue weighted by Crippen LogP contribution is 2.40. The molecule has 0 bridgehead atoms. The Hall–Kier alpha value is -1.56. The summed E-state index contributed by atoms with van der Waals surface area (Å²) >= 11 is 3.50.